The Balaban J connectivity index is 2.01. The second-order valence-corrected chi connectivity index (χ2v) is 14.3. The van der Waals surface area contributed by atoms with E-state index in [-0.39, 0.29) is 35.1 Å². The molecule has 0 radical (unpaired) electrons. The van der Waals surface area contributed by atoms with E-state index in [9.17, 15) is 19.5 Å². The van der Waals surface area contributed by atoms with E-state index in [2.05, 4.69) is 47.8 Å². The average Bonchev–Trinajstić information content (AvgIpc) is 3.45. The maximum absolute atomic E-state index is 14.6. The molecule has 0 saturated carbocycles. The van der Waals surface area contributed by atoms with Gasteiger partial charge in [-0.05, 0) is 58.3 Å². The number of hydrogen-bond donors (Lipinski definition) is 1. The number of carbonyl (C=O) groups excluding carboxylic acids is 3. The van der Waals surface area contributed by atoms with E-state index in [1.54, 1.807) is 35.7 Å². The van der Waals surface area contributed by atoms with E-state index in [0.29, 0.717) is 26.0 Å². The summed E-state index contributed by atoms with van der Waals surface area (Å²) in [7, 11) is 0. The zero-order chi connectivity index (χ0) is 27.8. The lowest BCUT2D eigenvalue weighted by Crippen LogP contribution is -2.61. The molecule has 208 valence electrons. The van der Waals surface area contributed by atoms with Crippen LogP contribution in [0.5, 0.6) is 0 Å². The summed E-state index contributed by atoms with van der Waals surface area (Å²) in [5.41, 5.74) is -0.505. The van der Waals surface area contributed by atoms with E-state index in [1.807, 2.05) is 4.90 Å². The lowest BCUT2D eigenvalue weighted by Gasteiger charge is -2.46. The number of amides is 2. The third kappa shape index (κ3) is 5.51. The molecular formula is C29H46N2O5S. The maximum Gasteiger partial charge on any atom is 0.310 e. The average molecular weight is 535 g/mol. The Labute approximate surface area is 227 Å². The molecule has 3 aliphatic heterocycles. The van der Waals surface area contributed by atoms with Gasteiger partial charge in [-0.15, -0.1) is 24.9 Å². The van der Waals surface area contributed by atoms with Crippen LogP contribution >= 0.6 is 11.8 Å². The van der Waals surface area contributed by atoms with Gasteiger partial charge in [0.15, 0.2) is 0 Å². The van der Waals surface area contributed by atoms with Crippen molar-refractivity contribution in [3.05, 3.63) is 25.3 Å². The summed E-state index contributed by atoms with van der Waals surface area (Å²) in [6, 6.07) is -1.29. The van der Waals surface area contributed by atoms with Gasteiger partial charge in [-0.2, -0.15) is 0 Å². The molecule has 7 nitrogen and oxygen atoms in total. The number of nitrogens with zero attached hydrogens (tertiary/aromatic N) is 2. The SMILES string of the molecule is C=CCCCOC(=O)[C@@H]1[C@@H]2CCC3(S2)C(C(=O)N(CC=C)C(C)(C)CC(C)(C)C)N([C@H](C)CO)C(=O)[C@H]13. The predicted molar refractivity (Wildman–Crippen MR) is 148 cm³/mol. The highest BCUT2D eigenvalue weighted by Gasteiger charge is 2.74. The van der Waals surface area contributed by atoms with Crippen molar-refractivity contribution < 1.29 is 24.2 Å². The van der Waals surface area contributed by atoms with Gasteiger partial charge >= 0.3 is 5.97 Å². The Hall–Kier alpha value is -1.80. The molecule has 2 amide bonds. The van der Waals surface area contributed by atoms with Crippen LogP contribution in [0.25, 0.3) is 0 Å². The largest absolute Gasteiger partial charge is 0.465 e. The van der Waals surface area contributed by atoms with Crippen LogP contribution in [0.2, 0.25) is 0 Å². The maximum atomic E-state index is 14.6. The number of carbonyl (C=O) groups is 3. The molecule has 3 fully saturated rings. The highest BCUT2D eigenvalue weighted by atomic mass is 32.2. The van der Waals surface area contributed by atoms with Crippen molar-refractivity contribution >= 4 is 29.5 Å². The lowest BCUT2D eigenvalue weighted by molar-refractivity contribution is -0.154. The first-order valence-corrected chi connectivity index (χ1v) is 14.4. The van der Waals surface area contributed by atoms with Crippen LogP contribution in [-0.4, -0.2) is 80.1 Å². The van der Waals surface area contributed by atoms with Crippen LogP contribution in [0.1, 0.15) is 73.6 Å². The van der Waals surface area contributed by atoms with Gasteiger partial charge in [-0.25, -0.2) is 0 Å². The topological polar surface area (TPSA) is 87.2 Å². The number of fused-ring (bicyclic) bond motifs is 1. The van der Waals surface area contributed by atoms with E-state index in [0.717, 1.165) is 19.3 Å². The van der Waals surface area contributed by atoms with Crippen LogP contribution in [0.15, 0.2) is 25.3 Å². The van der Waals surface area contributed by atoms with E-state index in [1.165, 1.54) is 0 Å². The van der Waals surface area contributed by atoms with Crippen LogP contribution in [0.4, 0.5) is 0 Å². The summed E-state index contributed by atoms with van der Waals surface area (Å²) < 4.78 is 4.91. The zero-order valence-electron chi connectivity index (χ0n) is 23.5. The molecule has 8 heteroatoms. The quantitative estimate of drug-likeness (QED) is 0.229. The molecule has 1 N–H and O–H groups in total. The second-order valence-electron chi connectivity index (χ2n) is 12.7. The number of thioether (sulfide) groups is 1. The molecule has 2 bridgehead atoms. The molecule has 0 aromatic carbocycles. The number of aliphatic hydroxyl groups excluding tert-OH is 1. The van der Waals surface area contributed by atoms with Crippen molar-refractivity contribution in [1.82, 2.24) is 9.80 Å². The van der Waals surface area contributed by atoms with Crippen molar-refractivity contribution in [1.29, 1.82) is 0 Å². The van der Waals surface area contributed by atoms with Gasteiger partial charge in [-0.1, -0.05) is 32.9 Å². The van der Waals surface area contributed by atoms with Gasteiger partial charge in [0.2, 0.25) is 11.8 Å². The molecular weight excluding hydrogens is 488 g/mol. The predicted octanol–water partition coefficient (Wildman–Crippen LogP) is 4.20. The summed E-state index contributed by atoms with van der Waals surface area (Å²) in [5.74, 6) is -1.88. The Morgan fingerprint density at radius 1 is 1.27 bits per heavy atom. The summed E-state index contributed by atoms with van der Waals surface area (Å²) >= 11 is 1.63. The number of hydrogen-bond acceptors (Lipinski definition) is 6. The molecule has 2 unspecified atom stereocenters. The summed E-state index contributed by atoms with van der Waals surface area (Å²) in [4.78, 5) is 45.3. The van der Waals surface area contributed by atoms with Crippen LogP contribution in [0.3, 0.4) is 0 Å². The fourth-order valence-corrected chi connectivity index (χ4v) is 9.19. The Morgan fingerprint density at radius 2 is 1.95 bits per heavy atom. The lowest BCUT2D eigenvalue weighted by atomic mass is 9.71. The van der Waals surface area contributed by atoms with Crippen LogP contribution < -0.4 is 0 Å². The van der Waals surface area contributed by atoms with Gasteiger partial charge in [0.1, 0.15) is 6.04 Å². The fraction of sp³-hybridized carbons (Fsp3) is 0.759. The standard InChI is InChI=1S/C29H46N2O5S/c1-9-11-12-16-36-26(35)21-20-13-14-29(37-20)22(21)24(33)31(19(3)17-32)23(29)25(34)30(15-10-2)28(7,8)18-27(4,5)6/h9-10,19-23,32H,1-2,11-18H2,3-8H3/t19-,20+,21-,22+,23?,29?/m1/s1. The van der Waals surface area contributed by atoms with Gasteiger partial charge < -0.3 is 19.6 Å². The Morgan fingerprint density at radius 3 is 2.51 bits per heavy atom. The minimum atomic E-state index is -0.750. The molecule has 3 heterocycles. The number of allylic oxidation sites excluding steroid dienone is 1. The van der Waals surface area contributed by atoms with E-state index in [4.69, 9.17) is 4.74 Å². The van der Waals surface area contributed by atoms with E-state index < -0.39 is 34.2 Å². The summed E-state index contributed by atoms with van der Waals surface area (Å²) in [5, 5.41) is 10.1. The first kappa shape index (κ1) is 29.8. The van der Waals surface area contributed by atoms with Crippen molar-refractivity contribution in [3.8, 4) is 0 Å². The molecule has 0 aromatic rings. The van der Waals surface area contributed by atoms with Crippen molar-refractivity contribution in [3.63, 3.8) is 0 Å². The number of likely N-dealkylation sites (tertiary alicyclic amines) is 1. The molecule has 3 saturated heterocycles. The van der Waals surface area contributed by atoms with Crippen LogP contribution in [0, 0.1) is 17.3 Å². The van der Waals surface area contributed by atoms with Gasteiger partial charge in [0, 0.05) is 17.3 Å². The number of unbranched alkanes of at least 4 members (excludes halogenated alkanes) is 1. The first-order valence-electron chi connectivity index (χ1n) is 13.6. The highest BCUT2D eigenvalue weighted by molar-refractivity contribution is 8.02. The molecule has 0 aromatic heterocycles. The number of aliphatic hydroxyl groups is 1. The van der Waals surface area contributed by atoms with Crippen LogP contribution in [-0.2, 0) is 19.1 Å². The fourth-order valence-electron chi connectivity index (χ4n) is 7.00. The minimum Gasteiger partial charge on any atom is -0.465 e. The second kappa shape index (κ2) is 11.1. The Bertz CT molecular complexity index is 912. The Kier molecular flexibility index (Phi) is 8.95. The first-order chi connectivity index (χ1) is 17.3. The molecule has 0 aliphatic carbocycles. The number of rotatable bonds is 12. The summed E-state index contributed by atoms with van der Waals surface area (Å²) in [6.45, 7) is 20.4. The molecule has 6 atom stereocenters. The van der Waals surface area contributed by atoms with Gasteiger partial charge in [-0.3, -0.25) is 14.4 Å². The zero-order valence-corrected chi connectivity index (χ0v) is 24.3. The summed E-state index contributed by atoms with van der Waals surface area (Å²) in [6.07, 6.45) is 7.18. The van der Waals surface area contributed by atoms with Crippen molar-refractivity contribution in [2.24, 2.45) is 17.3 Å². The number of ether oxygens (including phenoxy) is 1. The van der Waals surface area contributed by atoms with Gasteiger partial charge in [0.05, 0.1) is 35.8 Å². The van der Waals surface area contributed by atoms with Crippen molar-refractivity contribution in [2.45, 2.75) is 101 Å². The highest BCUT2D eigenvalue weighted by Crippen LogP contribution is 2.67. The van der Waals surface area contributed by atoms with Gasteiger partial charge in [0.25, 0.3) is 0 Å². The molecule has 1 spiro atoms. The van der Waals surface area contributed by atoms with E-state index >= 15 is 0 Å². The molecule has 37 heavy (non-hydrogen) atoms. The van der Waals surface area contributed by atoms with Crippen molar-refractivity contribution in [2.75, 3.05) is 19.8 Å². The number of esters is 1. The monoisotopic (exact) mass is 534 g/mol. The third-order valence-electron chi connectivity index (χ3n) is 8.05. The smallest absolute Gasteiger partial charge is 0.310 e. The molecule has 3 rings (SSSR count). The molecule has 3 aliphatic rings. The third-order valence-corrected chi connectivity index (χ3v) is 10.0. The minimum absolute atomic E-state index is 0.0192. The normalized spacial score (nSPS) is 29.7.